The first kappa shape index (κ1) is 14.0. The third-order valence-electron chi connectivity index (χ3n) is 2.68. The Morgan fingerprint density at radius 3 is 2.60 bits per heavy atom. The summed E-state index contributed by atoms with van der Waals surface area (Å²) in [5.41, 5.74) is 0.326. The molecule has 5 nitrogen and oxygen atoms in total. The lowest BCUT2D eigenvalue weighted by Crippen LogP contribution is -2.26. The summed E-state index contributed by atoms with van der Waals surface area (Å²) in [5, 5.41) is 8.63. The van der Waals surface area contributed by atoms with Gasteiger partial charge in [-0.15, -0.1) is 0 Å². The third-order valence-corrected chi connectivity index (χ3v) is 4.45. The Hall–Kier alpha value is -2.46. The van der Waals surface area contributed by atoms with Crippen LogP contribution in [0.25, 0.3) is 0 Å². The van der Waals surface area contributed by atoms with Gasteiger partial charge in [-0.2, -0.15) is 5.26 Å². The minimum Gasteiger partial charge on any atom is -0.269 e. The summed E-state index contributed by atoms with van der Waals surface area (Å²) in [6.07, 6.45) is 1.10. The highest BCUT2D eigenvalue weighted by molar-refractivity contribution is 7.92. The summed E-state index contributed by atoms with van der Waals surface area (Å²) >= 11 is 0. The van der Waals surface area contributed by atoms with Gasteiger partial charge in [0.05, 0.1) is 5.69 Å². The molecule has 0 aliphatic rings. The van der Waals surface area contributed by atoms with E-state index in [4.69, 9.17) is 5.26 Å². The van der Waals surface area contributed by atoms with Crippen LogP contribution >= 0.6 is 0 Å². The van der Waals surface area contributed by atoms with Crippen LogP contribution in [0.3, 0.4) is 0 Å². The zero-order valence-electron chi connectivity index (χ0n) is 10.5. The number of halogens is 1. The van der Waals surface area contributed by atoms with Gasteiger partial charge in [-0.25, -0.2) is 17.8 Å². The molecule has 0 aliphatic heterocycles. The molecule has 2 rings (SSSR count). The highest BCUT2D eigenvalue weighted by Gasteiger charge is 2.21. The maximum Gasteiger partial charge on any atom is 0.265 e. The van der Waals surface area contributed by atoms with Crippen molar-refractivity contribution in [1.29, 1.82) is 5.26 Å². The third kappa shape index (κ3) is 2.60. The number of pyridine rings is 1. The SMILES string of the molecule is CN(c1cccc(F)c1)S(=O)(=O)c1ccc(C#N)nc1. The smallest absolute Gasteiger partial charge is 0.265 e. The summed E-state index contributed by atoms with van der Waals surface area (Å²) in [5.74, 6) is -0.525. The van der Waals surface area contributed by atoms with Crippen molar-refractivity contribution in [2.45, 2.75) is 4.90 Å². The quantitative estimate of drug-likeness (QED) is 0.866. The Balaban J connectivity index is 2.41. The lowest BCUT2D eigenvalue weighted by Gasteiger charge is -2.19. The molecule has 0 saturated heterocycles. The zero-order chi connectivity index (χ0) is 14.8. The summed E-state index contributed by atoms with van der Waals surface area (Å²) in [6, 6.07) is 9.66. The number of nitrogens with zero attached hydrogens (tertiary/aromatic N) is 3. The van der Waals surface area contributed by atoms with Gasteiger partial charge in [0.15, 0.2) is 0 Å². The average molecular weight is 291 g/mol. The Kier molecular flexibility index (Phi) is 3.68. The van der Waals surface area contributed by atoms with E-state index in [-0.39, 0.29) is 16.3 Å². The number of rotatable bonds is 3. The van der Waals surface area contributed by atoms with Crippen LogP contribution in [0.1, 0.15) is 5.69 Å². The van der Waals surface area contributed by atoms with E-state index in [0.29, 0.717) is 0 Å². The van der Waals surface area contributed by atoms with Crippen LogP contribution in [0, 0.1) is 17.1 Å². The van der Waals surface area contributed by atoms with E-state index in [1.807, 2.05) is 0 Å². The highest BCUT2D eigenvalue weighted by Crippen LogP contribution is 2.22. The Labute approximate surface area is 116 Å². The first-order valence-corrected chi connectivity index (χ1v) is 7.00. The molecule has 0 saturated carbocycles. The average Bonchev–Trinajstić information content (AvgIpc) is 2.46. The van der Waals surface area contributed by atoms with Crippen molar-refractivity contribution in [1.82, 2.24) is 4.98 Å². The van der Waals surface area contributed by atoms with Gasteiger partial charge in [0.25, 0.3) is 10.0 Å². The lowest BCUT2D eigenvalue weighted by atomic mass is 10.3. The number of aromatic nitrogens is 1. The fourth-order valence-corrected chi connectivity index (χ4v) is 2.70. The van der Waals surface area contributed by atoms with E-state index in [1.54, 1.807) is 6.07 Å². The minimum atomic E-state index is -3.84. The van der Waals surface area contributed by atoms with Crippen LogP contribution in [-0.4, -0.2) is 20.4 Å². The maximum absolute atomic E-state index is 13.1. The Morgan fingerprint density at radius 2 is 2.05 bits per heavy atom. The second-order valence-electron chi connectivity index (χ2n) is 3.94. The van der Waals surface area contributed by atoms with Crippen LogP contribution in [0.5, 0.6) is 0 Å². The molecule has 20 heavy (non-hydrogen) atoms. The molecule has 1 heterocycles. The topological polar surface area (TPSA) is 74.1 Å². The maximum atomic E-state index is 13.1. The molecule has 0 aliphatic carbocycles. The molecule has 1 aromatic heterocycles. The molecule has 0 amide bonds. The molecule has 0 radical (unpaired) electrons. The van der Waals surface area contributed by atoms with Crippen molar-refractivity contribution >= 4 is 15.7 Å². The van der Waals surface area contributed by atoms with Crippen molar-refractivity contribution in [3.8, 4) is 6.07 Å². The molecule has 0 bridgehead atoms. The number of nitriles is 1. The van der Waals surface area contributed by atoms with E-state index in [2.05, 4.69) is 4.98 Å². The van der Waals surface area contributed by atoms with Gasteiger partial charge < -0.3 is 0 Å². The van der Waals surface area contributed by atoms with E-state index >= 15 is 0 Å². The number of benzene rings is 1. The zero-order valence-corrected chi connectivity index (χ0v) is 11.3. The summed E-state index contributed by atoms with van der Waals surface area (Å²) in [7, 11) is -2.52. The van der Waals surface area contributed by atoms with Gasteiger partial charge in [0.1, 0.15) is 22.5 Å². The molecule has 0 atom stereocenters. The van der Waals surface area contributed by atoms with Gasteiger partial charge in [-0.1, -0.05) is 6.07 Å². The van der Waals surface area contributed by atoms with Gasteiger partial charge in [-0.05, 0) is 30.3 Å². The Morgan fingerprint density at radius 1 is 1.30 bits per heavy atom. The molecule has 0 N–H and O–H groups in total. The molecule has 1 aromatic carbocycles. The highest BCUT2D eigenvalue weighted by atomic mass is 32.2. The number of hydrogen-bond donors (Lipinski definition) is 0. The molecule has 0 unspecified atom stereocenters. The van der Waals surface area contributed by atoms with Crippen LogP contribution in [0.15, 0.2) is 47.5 Å². The van der Waals surface area contributed by atoms with Crippen molar-refractivity contribution < 1.29 is 12.8 Å². The standard InChI is InChI=1S/C13H10FN3O2S/c1-17(12-4-2-3-10(14)7-12)20(18,19)13-6-5-11(8-15)16-9-13/h2-7,9H,1H3. The van der Waals surface area contributed by atoms with E-state index in [9.17, 15) is 12.8 Å². The largest absolute Gasteiger partial charge is 0.269 e. The molecule has 0 spiro atoms. The van der Waals surface area contributed by atoms with Gasteiger partial charge in [0.2, 0.25) is 0 Å². The van der Waals surface area contributed by atoms with Crippen LogP contribution in [0.2, 0.25) is 0 Å². The molecule has 102 valence electrons. The van der Waals surface area contributed by atoms with Gasteiger partial charge >= 0.3 is 0 Å². The molecule has 7 heteroatoms. The summed E-state index contributed by atoms with van der Waals surface area (Å²) in [6.45, 7) is 0. The number of sulfonamides is 1. The van der Waals surface area contributed by atoms with E-state index in [0.717, 1.165) is 16.6 Å². The van der Waals surface area contributed by atoms with Crippen molar-refractivity contribution in [2.24, 2.45) is 0 Å². The van der Waals surface area contributed by atoms with Crippen LogP contribution < -0.4 is 4.31 Å². The van der Waals surface area contributed by atoms with E-state index in [1.165, 1.54) is 37.4 Å². The fourth-order valence-electron chi connectivity index (χ4n) is 1.57. The summed E-state index contributed by atoms with van der Waals surface area (Å²) in [4.78, 5) is 3.65. The monoisotopic (exact) mass is 291 g/mol. The fraction of sp³-hybridized carbons (Fsp3) is 0.0769. The summed E-state index contributed by atoms with van der Waals surface area (Å²) < 4.78 is 38.8. The number of hydrogen-bond acceptors (Lipinski definition) is 4. The number of anilines is 1. The van der Waals surface area contributed by atoms with E-state index < -0.39 is 15.8 Å². The molecular formula is C13H10FN3O2S. The van der Waals surface area contributed by atoms with Gasteiger partial charge in [0, 0.05) is 13.2 Å². The Bertz CT molecular complexity index is 767. The second-order valence-corrected chi connectivity index (χ2v) is 5.91. The first-order valence-electron chi connectivity index (χ1n) is 5.56. The second kappa shape index (κ2) is 5.27. The van der Waals surface area contributed by atoms with Gasteiger partial charge in [-0.3, -0.25) is 4.31 Å². The normalized spacial score (nSPS) is 10.8. The van der Waals surface area contributed by atoms with Crippen LogP contribution in [-0.2, 0) is 10.0 Å². The minimum absolute atomic E-state index is 0.0664. The molecule has 2 aromatic rings. The molecular weight excluding hydrogens is 281 g/mol. The lowest BCUT2D eigenvalue weighted by molar-refractivity contribution is 0.593. The predicted octanol–water partition coefficient (Wildman–Crippen LogP) is 1.92. The predicted molar refractivity (Wildman–Crippen MR) is 70.9 cm³/mol. The first-order chi connectivity index (χ1) is 9.45. The van der Waals surface area contributed by atoms with Crippen molar-refractivity contribution in [3.05, 3.63) is 54.1 Å². The van der Waals surface area contributed by atoms with Crippen molar-refractivity contribution in [2.75, 3.05) is 11.4 Å². The van der Waals surface area contributed by atoms with Crippen LogP contribution in [0.4, 0.5) is 10.1 Å². The van der Waals surface area contributed by atoms with Crippen molar-refractivity contribution in [3.63, 3.8) is 0 Å². The molecule has 0 fully saturated rings.